The number of urea groups is 1. The van der Waals surface area contributed by atoms with Crippen molar-refractivity contribution < 1.29 is 9.53 Å². The third kappa shape index (κ3) is 3.58. The summed E-state index contributed by atoms with van der Waals surface area (Å²) >= 11 is 11.6. The van der Waals surface area contributed by atoms with Crippen molar-refractivity contribution in [2.24, 2.45) is 0 Å². The Balaban J connectivity index is 2.64. The zero-order valence-corrected chi connectivity index (χ0v) is 9.52. The maximum Gasteiger partial charge on any atom is 0.321 e. The number of rotatable bonds is 3. The topological polar surface area (TPSA) is 50.4 Å². The Morgan fingerprint density at radius 2 is 2.20 bits per heavy atom. The van der Waals surface area contributed by atoms with E-state index in [0.29, 0.717) is 15.7 Å². The lowest BCUT2D eigenvalue weighted by atomic mass is 10.3. The van der Waals surface area contributed by atoms with E-state index in [4.69, 9.17) is 23.2 Å². The van der Waals surface area contributed by atoms with E-state index < -0.39 is 6.03 Å². The van der Waals surface area contributed by atoms with Gasteiger partial charge in [0.2, 0.25) is 0 Å². The van der Waals surface area contributed by atoms with E-state index in [-0.39, 0.29) is 6.73 Å². The van der Waals surface area contributed by atoms with Crippen LogP contribution in [-0.2, 0) is 4.74 Å². The Morgan fingerprint density at radius 3 is 2.87 bits per heavy atom. The quantitative estimate of drug-likeness (QED) is 0.809. The van der Waals surface area contributed by atoms with Gasteiger partial charge >= 0.3 is 6.03 Å². The molecular formula is C9H10Cl2N2O2. The molecule has 15 heavy (non-hydrogen) atoms. The second-order valence-electron chi connectivity index (χ2n) is 2.67. The molecule has 0 aliphatic heterocycles. The van der Waals surface area contributed by atoms with Gasteiger partial charge in [-0.05, 0) is 12.1 Å². The van der Waals surface area contributed by atoms with Gasteiger partial charge in [0, 0.05) is 7.11 Å². The average molecular weight is 249 g/mol. The second kappa shape index (κ2) is 5.80. The predicted molar refractivity (Wildman–Crippen MR) is 60.5 cm³/mol. The van der Waals surface area contributed by atoms with Gasteiger partial charge in [-0.25, -0.2) is 4.79 Å². The van der Waals surface area contributed by atoms with Crippen molar-refractivity contribution in [3.8, 4) is 0 Å². The Labute approximate surface area is 97.5 Å². The maximum atomic E-state index is 11.2. The van der Waals surface area contributed by atoms with Crippen LogP contribution in [0.1, 0.15) is 0 Å². The summed E-state index contributed by atoms with van der Waals surface area (Å²) in [4.78, 5) is 11.2. The summed E-state index contributed by atoms with van der Waals surface area (Å²) in [6, 6.07) is 4.59. The molecular weight excluding hydrogens is 239 g/mol. The summed E-state index contributed by atoms with van der Waals surface area (Å²) in [6.07, 6.45) is 0. The van der Waals surface area contributed by atoms with E-state index in [2.05, 4.69) is 15.4 Å². The Bertz CT molecular complexity index is 358. The van der Waals surface area contributed by atoms with E-state index in [1.54, 1.807) is 18.2 Å². The normalized spacial score (nSPS) is 9.80. The van der Waals surface area contributed by atoms with Gasteiger partial charge in [0.25, 0.3) is 0 Å². The maximum absolute atomic E-state index is 11.2. The third-order valence-electron chi connectivity index (χ3n) is 1.58. The number of hydrogen-bond donors (Lipinski definition) is 2. The Hall–Kier alpha value is -0.970. The first-order chi connectivity index (χ1) is 7.15. The highest BCUT2D eigenvalue weighted by atomic mass is 35.5. The summed E-state index contributed by atoms with van der Waals surface area (Å²) in [6.45, 7) is 0.129. The van der Waals surface area contributed by atoms with Crippen molar-refractivity contribution in [3.63, 3.8) is 0 Å². The van der Waals surface area contributed by atoms with Crippen LogP contribution in [0.2, 0.25) is 10.0 Å². The van der Waals surface area contributed by atoms with Gasteiger partial charge < -0.3 is 15.4 Å². The third-order valence-corrected chi connectivity index (χ3v) is 2.40. The summed E-state index contributed by atoms with van der Waals surface area (Å²) in [5.41, 5.74) is 0.456. The number of methoxy groups -OCH3 is 1. The number of ether oxygens (including phenoxy) is 1. The van der Waals surface area contributed by atoms with Gasteiger partial charge in [0.15, 0.2) is 0 Å². The fraction of sp³-hybridized carbons (Fsp3) is 0.222. The van der Waals surface area contributed by atoms with Crippen molar-refractivity contribution in [3.05, 3.63) is 28.2 Å². The molecule has 1 aromatic rings. The molecule has 2 amide bonds. The van der Waals surface area contributed by atoms with Crippen LogP contribution in [0.15, 0.2) is 18.2 Å². The number of benzene rings is 1. The number of amides is 2. The fourth-order valence-corrected chi connectivity index (χ4v) is 1.25. The molecule has 0 bridgehead atoms. The monoisotopic (exact) mass is 248 g/mol. The van der Waals surface area contributed by atoms with Crippen molar-refractivity contribution in [2.45, 2.75) is 0 Å². The average Bonchev–Trinajstić information content (AvgIpc) is 2.22. The lowest BCUT2D eigenvalue weighted by Gasteiger charge is -2.08. The van der Waals surface area contributed by atoms with Crippen LogP contribution in [0.4, 0.5) is 10.5 Å². The first-order valence-corrected chi connectivity index (χ1v) is 4.88. The molecule has 0 saturated carbocycles. The number of carbonyl (C=O) groups is 1. The first-order valence-electron chi connectivity index (χ1n) is 4.13. The number of hydrogen-bond acceptors (Lipinski definition) is 2. The van der Waals surface area contributed by atoms with Crippen molar-refractivity contribution in [1.29, 1.82) is 0 Å². The summed E-state index contributed by atoms with van der Waals surface area (Å²) in [7, 11) is 1.48. The number of carbonyl (C=O) groups excluding carboxylic acids is 1. The van der Waals surface area contributed by atoms with Crippen molar-refractivity contribution in [1.82, 2.24) is 5.32 Å². The molecule has 0 aromatic heterocycles. The Morgan fingerprint density at radius 1 is 1.47 bits per heavy atom. The molecule has 0 heterocycles. The van der Waals surface area contributed by atoms with E-state index in [9.17, 15) is 4.79 Å². The van der Waals surface area contributed by atoms with Crippen LogP contribution >= 0.6 is 23.2 Å². The molecule has 0 unspecified atom stereocenters. The molecule has 6 heteroatoms. The van der Waals surface area contributed by atoms with Gasteiger partial charge in [-0.2, -0.15) is 0 Å². The highest BCUT2D eigenvalue weighted by Crippen LogP contribution is 2.29. The zero-order valence-electron chi connectivity index (χ0n) is 8.01. The number of nitrogens with one attached hydrogen (secondary N) is 2. The van der Waals surface area contributed by atoms with Gasteiger partial charge in [-0.1, -0.05) is 29.3 Å². The predicted octanol–water partition coefficient (Wildman–Crippen LogP) is 2.72. The molecule has 82 valence electrons. The van der Waals surface area contributed by atoms with E-state index >= 15 is 0 Å². The van der Waals surface area contributed by atoms with Crippen molar-refractivity contribution >= 4 is 34.9 Å². The molecule has 0 saturated heterocycles. The minimum Gasteiger partial charge on any atom is -0.364 e. The first kappa shape index (κ1) is 12.1. The standard InChI is InChI=1S/C9H10Cl2N2O2/c1-15-5-12-9(14)13-7-4-2-3-6(10)8(7)11/h2-4H,5H2,1H3,(H2,12,13,14). The van der Waals surface area contributed by atoms with Crippen molar-refractivity contribution in [2.75, 3.05) is 19.2 Å². The van der Waals surface area contributed by atoms with Gasteiger partial charge in [-0.15, -0.1) is 0 Å². The SMILES string of the molecule is COCNC(=O)Nc1cccc(Cl)c1Cl. The lowest BCUT2D eigenvalue weighted by Crippen LogP contribution is -2.30. The Kier molecular flexibility index (Phi) is 4.68. The van der Waals surface area contributed by atoms with Crippen LogP contribution in [0.25, 0.3) is 0 Å². The molecule has 0 radical (unpaired) electrons. The highest BCUT2D eigenvalue weighted by molar-refractivity contribution is 6.43. The largest absolute Gasteiger partial charge is 0.364 e. The lowest BCUT2D eigenvalue weighted by molar-refractivity contribution is 0.177. The summed E-state index contributed by atoms with van der Waals surface area (Å²) < 4.78 is 4.67. The minimum absolute atomic E-state index is 0.129. The molecule has 1 aromatic carbocycles. The van der Waals surface area contributed by atoms with Crippen LogP contribution in [0, 0.1) is 0 Å². The van der Waals surface area contributed by atoms with Gasteiger partial charge in [0.1, 0.15) is 6.73 Å². The zero-order chi connectivity index (χ0) is 11.3. The van der Waals surface area contributed by atoms with E-state index in [1.807, 2.05) is 0 Å². The molecule has 0 aliphatic rings. The van der Waals surface area contributed by atoms with Gasteiger partial charge in [0.05, 0.1) is 15.7 Å². The van der Waals surface area contributed by atoms with E-state index in [1.165, 1.54) is 7.11 Å². The number of anilines is 1. The van der Waals surface area contributed by atoms with Crippen LogP contribution in [0.5, 0.6) is 0 Å². The molecule has 2 N–H and O–H groups in total. The highest BCUT2D eigenvalue weighted by Gasteiger charge is 2.06. The minimum atomic E-state index is -0.402. The van der Waals surface area contributed by atoms with Gasteiger partial charge in [-0.3, -0.25) is 0 Å². The molecule has 0 spiro atoms. The van der Waals surface area contributed by atoms with E-state index in [0.717, 1.165) is 0 Å². The molecule has 0 fully saturated rings. The molecule has 4 nitrogen and oxygen atoms in total. The number of halogens is 2. The molecule has 0 aliphatic carbocycles. The summed E-state index contributed by atoms with van der Waals surface area (Å²) in [5, 5.41) is 5.69. The molecule has 0 atom stereocenters. The van der Waals surface area contributed by atoms with Crippen LogP contribution < -0.4 is 10.6 Å². The second-order valence-corrected chi connectivity index (χ2v) is 3.45. The van der Waals surface area contributed by atoms with Crippen LogP contribution in [-0.4, -0.2) is 19.9 Å². The van der Waals surface area contributed by atoms with Crippen LogP contribution in [0.3, 0.4) is 0 Å². The summed E-state index contributed by atoms with van der Waals surface area (Å²) in [5.74, 6) is 0. The molecule has 1 rings (SSSR count). The smallest absolute Gasteiger partial charge is 0.321 e. The fourth-order valence-electron chi connectivity index (χ4n) is 0.905.